The van der Waals surface area contributed by atoms with Crippen molar-refractivity contribution in [3.63, 3.8) is 0 Å². The van der Waals surface area contributed by atoms with Crippen LogP contribution in [0.2, 0.25) is 0 Å². The lowest BCUT2D eigenvalue weighted by Crippen LogP contribution is -2.12. The van der Waals surface area contributed by atoms with Crippen molar-refractivity contribution >= 4 is 10.9 Å². The first kappa shape index (κ1) is 10.5. The van der Waals surface area contributed by atoms with Gasteiger partial charge in [-0.2, -0.15) is 0 Å². The van der Waals surface area contributed by atoms with Crippen LogP contribution in [-0.4, -0.2) is 22.8 Å². The summed E-state index contributed by atoms with van der Waals surface area (Å²) in [7, 11) is 1.62. The number of hydrogen-bond donors (Lipinski definition) is 1. The van der Waals surface area contributed by atoms with Gasteiger partial charge in [-0.3, -0.25) is 0 Å². The fraction of sp³-hybridized carbons (Fsp3) is 0.357. The number of benzene rings is 1. The summed E-state index contributed by atoms with van der Waals surface area (Å²) in [5.74, 6) is 0.629. The number of aliphatic hydroxyl groups is 1. The smallest absolute Gasteiger partial charge is 0.216 e. The summed E-state index contributed by atoms with van der Waals surface area (Å²) in [6.07, 6.45) is 2.39. The van der Waals surface area contributed by atoms with Crippen LogP contribution in [0.25, 0.3) is 10.9 Å². The number of nitrogens with zero attached hydrogens (tertiary/aromatic N) is 1. The van der Waals surface area contributed by atoms with Gasteiger partial charge in [-0.15, -0.1) is 0 Å². The summed E-state index contributed by atoms with van der Waals surface area (Å²) < 4.78 is 5.30. The predicted octanol–water partition coefficient (Wildman–Crippen LogP) is 2.31. The van der Waals surface area contributed by atoms with Gasteiger partial charge in [0.05, 0.1) is 18.2 Å². The predicted molar refractivity (Wildman–Crippen MR) is 66.2 cm³/mol. The highest BCUT2D eigenvalue weighted by Crippen LogP contribution is 2.40. The van der Waals surface area contributed by atoms with Gasteiger partial charge >= 0.3 is 0 Å². The SMILES string of the molecule is COc1nc2ccccc2cc1CC1(O)CC1. The largest absolute Gasteiger partial charge is 0.481 e. The molecule has 1 aliphatic rings. The molecule has 0 unspecified atom stereocenters. The number of para-hydroxylation sites is 1. The number of methoxy groups -OCH3 is 1. The lowest BCUT2D eigenvalue weighted by Gasteiger charge is -2.12. The molecule has 17 heavy (non-hydrogen) atoms. The summed E-state index contributed by atoms with van der Waals surface area (Å²) in [4.78, 5) is 4.47. The van der Waals surface area contributed by atoms with Crippen molar-refractivity contribution in [1.82, 2.24) is 4.98 Å². The van der Waals surface area contributed by atoms with Gasteiger partial charge in [-0.25, -0.2) is 4.98 Å². The van der Waals surface area contributed by atoms with Gasteiger partial charge in [0.2, 0.25) is 5.88 Å². The Morgan fingerprint density at radius 2 is 2.12 bits per heavy atom. The second kappa shape index (κ2) is 3.70. The highest BCUT2D eigenvalue weighted by atomic mass is 16.5. The van der Waals surface area contributed by atoms with Gasteiger partial charge in [-0.1, -0.05) is 18.2 Å². The molecule has 0 atom stereocenters. The van der Waals surface area contributed by atoms with E-state index in [1.54, 1.807) is 7.11 Å². The number of fused-ring (bicyclic) bond motifs is 1. The zero-order valence-electron chi connectivity index (χ0n) is 9.81. The van der Waals surface area contributed by atoms with E-state index in [1.807, 2.05) is 24.3 Å². The Morgan fingerprint density at radius 1 is 1.35 bits per heavy atom. The molecule has 0 amide bonds. The Kier molecular flexibility index (Phi) is 2.30. The Balaban J connectivity index is 2.08. The molecule has 1 aromatic heterocycles. The summed E-state index contributed by atoms with van der Waals surface area (Å²) in [5.41, 5.74) is 1.40. The summed E-state index contributed by atoms with van der Waals surface area (Å²) in [6.45, 7) is 0. The van der Waals surface area contributed by atoms with Gasteiger partial charge in [0.25, 0.3) is 0 Å². The van der Waals surface area contributed by atoms with Gasteiger partial charge in [0, 0.05) is 17.4 Å². The van der Waals surface area contributed by atoms with Crippen LogP contribution in [0.3, 0.4) is 0 Å². The number of hydrogen-bond acceptors (Lipinski definition) is 3. The van der Waals surface area contributed by atoms with Crippen molar-refractivity contribution in [1.29, 1.82) is 0 Å². The van der Waals surface area contributed by atoms with Crippen LogP contribution in [0.4, 0.5) is 0 Å². The third-order valence-electron chi connectivity index (χ3n) is 3.30. The first-order valence-corrected chi connectivity index (χ1v) is 5.85. The fourth-order valence-electron chi connectivity index (χ4n) is 2.12. The minimum Gasteiger partial charge on any atom is -0.481 e. The molecule has 88 valence electrons. The number of pyridine rings is 1. The van der Waals surface area contributed by atoms with Crippen molar-refractivity contribution < 1.29 is 9.84 Å². The standard InChI is InChI=1S/C14H15NO2/c1-17-13-11(9-14(16)6-7-14)8-10-4-2-3-5-12(10)15-13/h2-5,8,16H,6-7,9H2,1H3. The average molecular weight is 229 g/mol. The van der Waals surface area contributed by atoms with E-state index in [0.29, 0.717) is 12.3 Å². The molecule has 0 saturated heterocycles. The lowest BCUT2D eigenvalue weighted by atomic mass is 10.1. The van der Waals surface area contributed by atoms with Crippen LogP contribution in [0.1, 0.15) is 18.4 Å². The molecule has 3 rings (SSSR count). The van der Waals surface area contributed by atoms with E-state index >= 15 is 0 Å². The fourth-order valence-corrected chi connectivity index (χ4v) is 2.12. The monoisotopic (exact) mass is 229 g/mol. The first-order valence-electron chi connectivity index (χ1n) is 5.85. The molecule has 1 fully saturated rings. The Labute approximate surface area is 100 Å². The topological polar surface area (TPSA) is 42.4 Å². The average Bonchev–Trinajstić information content (AvgIpc) is 3.06. The number of rotatable bonds is 3. The molecular formula is C14H15NO2. The maximum absolute atomic E-state index is 9.99. The molecule has 0 spiro atoms. The van der Waals surface area contributed by atoms with E-state index in [-0.39, 0.29) is 0 Å². The van der Waals surface area contributed by atoms with Gasteiger partial charge in [-0.05, 0) is 25.0 Å². The van der Waals surface area contributed by atoms with Gasteiger partial charge in [0.15, 0.2) is 0 Å². The van der Waals surface area contributed by atoms with E-state index in [4.69, 9.17) is 4.74 Å². The molecule has 0 bridgehead atoms. The Bertz CT molecular complexity index is 561. The van der Waals surface area contributed by atoms with Crippen molar-refractivity contribution in [2.45, 2.75) is 24.9 Å². The molecule has 1 aromatic carbocycles. The number of aromatic nitrogens is 1. The molecule has 0 radical (unpaired) electrons. The molecule has 1 aliphatic carbocycles. The third-order valence-corrected chi connectivity index (χ3v) is 3.30. The van der Waals surface area contributed by atoms with Crippen molar-refractivity contribution in [2.24, 2.45) is 0 Å². The summed E-state index contributed by atoms with van der Waals surface area (Å²) in [5, 5.41) is 11.1. The van der Waals surface area contributed by atoms with Crippen LogP contribution in [0.5, 0.6) is 5.88 Å². The van der Waals surface area contributed by atoms with Crippen LogP contribution in [-0.2, 0) is 6.42 Å². The van der Waals surface area contributed by atoms with Crippen LogP contribution >= 0.6 is 0 Å². The Morgan fingerprint density at radius 3 is 2.82 bits per heavy atom. The van der Waals surface area contributed by atoms with E-state index in [1.165, 1.54) is 0 Å². The normalized spacial score (nSPS) is 17.1. The second-order valence-electron chi connectivity index (χ2n) is 4.75. The molecule has 3 heteroatoms. The minimum absolute atomic E-state index is 0.516. The maximum Gasteiger partial charge on any atom is 0.216 e. The minimum atomic E-state index is -0.516. The zero-order valence-corrected chi connectivity index (χ0v) is 9.81. The van der Waals surface area contributed by atoms with Crippen molar-refractivity contribution in [3.05, 3.63) is 35.9 Å². The summed E-state index contributed by atoms with van der Waals surface area (Å²) in [6, 6.07) is 10.0. The van der Waals surface area contributed by atoms with Crippen LogP contribution in [0.15, 0.2) is 30.3 Å². The van der Waals surface area contributed by atoms with Gasteiger partial charge < -0.3 is 9.84 Å². The Hall–Kier alpha value is -1.61. The number of ether oxygens (including phenoxy) is 1. The molecule has 0 aliphatic heterocycles. The highest BCUT2D eigenvalue weighted by molar-refractivity contribution is 5.80. The third kappa shape index (κ3) is 1.98. The molecule has 1 heterocycles. The van der Waals surface area contributed by atoms with Gasteiger partial charge in [0.1, 0.15) is 0 Å². The van der Waals surface area contributed by atoms with Crippen molar-refractivity contribution in [3.8, 4) is 5.88 Å². The van der Waals surface area contributed by atoms with Crippen LogP contribution < -0.4 is 4.74 Å². The van der Waals surface area contributed by atoms with E-state index in [2.05, 4.69) is 11.1 Å². The molecule has 1 saturated carbocycles. The summed E-state index contributed by atoms with van der Waals surface area (Å²) >= 11 is 0. The first-order chi connectivity index (χ1) is 8.20. The molecule has 3 nitrogen and oxygen atoms in total. The second-order valence-corrected chi connectivity index (χ2v) is 4.75. The quantitative estimate of drug-likeness (QED) is 0.878. The molecule has 2 aromatic rings. The van der Waals surface area contributed by atoms with E-state index in [0.717, 1.165) is 29.3 Å². The van der Waals surface area contributed by atoms with E-state index in [9.17, 15) is 5.11 Å². The highest BCUT2D eigenvalue weighted by Gasteiger charge is 2.41. The van der Waals surface area contributed by atoms with Crippen LogP contribution in [0, 0.1) is 0 Å². The van der Waals surface area contributed by atoms with Crippen molar-refractivity contribution in [2.75, 3.05) is 7.11 Å². The zero-order chi connectivity index (χ0) is 11.9. The van der Waals surface area contributed by atoms with E-state index < -0.39 is 5.60 Å². The lowest BCUT2D eigenvalue weighted by molar-refractivity contribution is 0.149. The maximum atomic E-state index is 9.99. The molecule has 1 N–H and O–H groups in total. The molecular weight excluding hydrogens is 214 g/mol.